The average Bonchev–Trinajstić information content (AvgIpc) is 2.27. The molecule has 4 heteroatoms. The van der Waals surface area contributed by atoms with Gasteiger partial charge >= 0.3 is 0 Å². The van der Waals surface area contributed by atoms with Crippen LogP contribution in [-0.4, -0.2) is 61.5 Å². The predicted octanol–water partition coefficient (Wildman–Crippen LogP) is 1.17. The van der Waals surface area contributed by atoms with Crippen LogP contribution in [0.4, 0.5) is 0 Å². The third-order valence-corrected chi connectivity index (χ3v) is 3.60. The number of piperidine rings is 1. The molecule has 1 amide bonds. The largest absolute Gasteiger partial charge is 0.355 e. The summed E-state index contributed by atoms with van der Waals surface area (Å²) in [5.74, 6) is 0.394. The third kappa shape index (κ3) is 4.94. The molecule has 1 saturated heterocycles. The van der Waals surface area contributed by atoms with Crippen LogP contribution in [-0.2, 0) is 4.79 Å². The van der Waals surface area contributed by atoms with E-state index in [-0.39, 0.29) is 17.4 Å². The van der Waals surface area contributed by atoms with E-state index in [1.807, 2.05) is 14.1 Å². The van der Waals surface area contributed by atoms with Crippen molar-refractivity contribution < 1.29 is 4.79 Å². The van der Waals surface area contributed by atoms with Gasteiger partial charge in [-0.1, -0.05) is 0 Å². The van der Waals surface area contributed by atoms with Gasteiger partial charge in [0.15, 0.2) is 0 Å². The highest BCUT2D eigenvalue weighted by molar-refractivity contribution is 5.78. The molecule has 0 bridgehead atoms. The molecule has 0 aliphatic carbocycles. The number of carbonyl (C=O) groups is 1. The van der Waals surface area contributed by atoms with E-state index >= 15 is 0 Å². The van der Waals surface area contributed by atoms with Gasteiger partial charge in [-0.2, -0.15) is 0 Å². The second-order valence-electron chi connectivity index (χ2n) is 6.55. The van der Waals surface area contributed by atoms with E-state index in [4.69, 9.17) is 0 Å². The van der Waals surface area contributed by atoms with E-state index in [9.17, 15) is 4.79 Å². The highest BCUT2D eigenvalue weighted by Crippen LogP contribution is 2.23. The summed E-state index contributed by atoms with van der Waals surface area (Å²) in [6, 6.07) is 0. The highest BCUT2D eigenvalue weighted by Gasteiger charge is 2.30. The van der Waals surface area contributed by atoms with Crippen LogP contribution in [0.3, 0.4) is 0 Å². The Hall–Kier alpha value is -0.610. The summed E-state index contributed by atoms with van der Waals surface area (Å²) in [6.07, 6.45) is 2.16. The van der Waals surface area contributed by atoms with Gasteiger partial charge in [-0.15, -0.1) is 0 Å². The minimum atomic E-state index is 0.167. The van der Waals surface area contributed by atoms with Crippen molar-refractivity contribution in [2.24, 2.45) is 5.92 Å². The lowest BCUT2D eigenvalue weighted by Crippen LogP contribution is -2.50. The molecule has 1 fully saturated rings. The van der Waals surface area contributed by atoms with Crippen molar-refractivity contribution in [1.82, 2.24) is 15.1 Å². The van der Waals surface area contributed by atoms with Gasteiger partial charge in [-0.05, 0) is 54.3 Å². The van der Waals surface area contributed by atoms with Gasteiger partial charge in [-0.25, -0.2) is 0 Å². The molecule has 0 aromatic carbocycles. The summed E-state index contributed by atoms with van der Waals surface area (Å²) < 4.78 is 0. The van der Waals surface area contributed by atoms with Crippen LogP contribution in [0, 0.1) is 5.92 Å². The summed E-state index contributed by atoms with van der Waals surface area (Å²) in [4.78, 5) is 16.6. The minimum Gasteiger partial charge on any atom is -0.355 e. The molecule has 4 nitrogen and oxygen atoms in total. The zero-order valence-electron chi connectivity index (χ0n) is 12.6. The molecule has 1 aliphatic rings. The SMILES string of the molecule is CN(C)CCNC(=O)C1CCCN(C(C)(C)C)C1. The first-order chi connectivity index (χ1) is 8.30. The Morgan fingerprint density at radius 2 is 2.06 bits per heavy atom. The Morgan fingerprint density at radius 3 is 2.61 bits per heavy atom. The minimum absolute atomic E-state index is 0.167. The van der Waals surface area contributed by atoms with Crippen molar-refractivity contribution in [3.05, 3.63) is 0 Å². The van der Waals surface area contributed by atoms with Gasteiger partial charge in [0.25, 0.3) is 0 Å². The zero-order chi connectivity index (χ0) is 13.8. The first kappa shape index (κ1) is 15.4. The van der Waals surface area contributed by atoms with Crippen LogP contribution in [0.25, 0.3) is 0 Å². The van der Waals surface area contributed by atoms with E-state index in [1.54, 1.807) is 0 Å². The lowest BCUT2D eigenvalue weighted by Gasteiger charge is -2.41. The lowest BCUT2D eigenvalue weighted by molar-refractivity contribution is -0.127. The van der Waals surface area contributed by atoms with Crippen LogP contribution < -0.4 is 5.32 Å². The topological polar surface area (TPSA) is 35.6 Å². The van der Waals surface area contributed by atoms with E-state index in [0.717, 1.165) is 39.0 Å². The molecule has 1 atom stereocenters. The van der Waals surface area contributed by atoms with Gasteiger partial charge < -0.3 is 10.2 Å². The van der Waals surface area contributed by atoms with Crippen LogP contribution in [0.1, 0.15) is 33.6 Å². The second kappa shape index (κ2) is 6.53. The Morgan fingerprint density at radius 1 is 1.39 bits per heavy atom. The number of hydrogen-bond donors (Lipinski definition) is 1. The Kier molecular flexibility index (Phi) is 5.60. The molecular formula is C14H29N3O. The molecule has 0 aromatic rings. The first-order valence-electron chi connectivity index (χ1n) is 6.98. The van der Waals surface area contributed by atoms with Gasteiger partial charge in [0.05, 0.1) is 5.92 Å². The summed E-state index contributed by atoms with van der Waals surface area (Å²) >= 11 is 0. The average molecular weight is 255 g/mol. The van der Waals surface area contributed by atoms with Crippen molar-refractivity contribution in [2.75, 3.05) is 40.3 Å². The van der Waals surface area contributed by atoms with E-state index in [2.05, 4.69) is 35.9 Å². The number of nitrogens with zero attached hydrogens (tertiary/aromatic N) is 2. The molecule has 1 N–H and O–H groups in total. The first-order valence-corrected chi connectivity index (χ1v) is 6.98. The smallest absolute Gasteiger partial charge is 0.224 e. The quantitative estimate of drug-likeness (QED) is 0.819. The normalized spacial score (nSPS) is 22.2. The van der Waals surface area contributed by atoms with Crippen LogP contribution in [0.2, 0.25) is 0 Å². The molecule has 1 unspecified atom stereocenters. The molecule has 0 spiro atoms. The molecule has 0 saturated carbocycles. The maximum absolute atomic E-state index is 12.1. The van der Waals surface area contributed by atoms with Crippen molar-refractivity contribution in [1.29, 1.82) is 0 Å². The fraction of sp³-hybridized carbons (Fsp3) is 0.929. The summed E-state index contributed by atoms with van der Waals surface area (Å²) in [5, 5.41) is 3.05. The third-order valence-electron chi connectivity index (χ3n) is 3.60. The molecule has 1 aliphatic heterocycles. The van der Waals surface area contributed by atoms with Gasteiger partial charge in [0.2, 0.25) is 5.91 Å². The number of likely N-dealkylation sites (tertiary alicyclic amines) is 1. The second-order valence-corrected chi connectivity index (χ2v) is 6.55. The van der Waals surface area contributed by atoms with Gasteiger partial charge in [0.1, 0.15) is 0 Å². The molecule has 18 heavy (non-hydrogen) atoms. The molecule has 0 radical (unpaired) electrons. The van der Waals surface area contributed by atoms with Crippen LogP contribution >= 0.6 is 0 Å². The fourth-order valence-electron chi connectivity index (χ4n) is 2.35. The molecule has 106 valence electrons. The fourth-order valence-corrected chi connectivity index (χ4v) is 2.35. The summed E-state index contributed by atoms with van der Waals surface area (Å²) in [5.41, 5.74) is 0.169. The van der Waals surface area contributed by atoms with Crippen molar-refractivity contribution in [2.45, 2.75) is 39.2 Å². The van der Waals surface area contributed by atoms with E-state index in [1.165, 1.54) is 0 Å². The van der Waals surface area contributed by atoms with E-state index < -0.39 is 0 Å². The van der Waals surface area contributed by atoms with Gasteiger partial charge in [-0.3, -0.25) is 9.69 Å². The number of nitrogens with one attached hydrogen (secondary N) is 1. The number of likely N-dealkylation sites (N-methyl/N-ethyl adjacent to an activating group) is 1. The molecule has 1 heterocycles. The standard InChI is InChI=1S/C14H29N3O/c1-14(2,3)17-9-6-7-12(11-17)13(18)15-8-10-16(4)5/h12H,6-11H2,1-5H3,(H,15,18). The molecule has 0 aromatic heterocycles. The van der Waals surface area contributed by atoms with Crippen LogP contribution in [0.5, 0.6) is 0 Å². The number of amides is 1. The Balaban J connectivity index is 2.39. The van der Waals surface area contributed by atoms with Crippen LogP contribution in [0.15, 0.2) is 0 Å². The number of carbonyl (C=O) groups excluding carboxylic acids is 1. The maximum atomic E-state index is 12.1. The van der Waals surface area contributed by atoms with E-state index in [0.29, 0.717) is 0 Å². The Labute approximate surface area is 112 Å². The van der Waals surface area contributed by atoms with Gasteiger partial charge in [0, 0.05) is 25.2 Å². The predicted molar refractivity (Wildman–Crippen MR) is 75.6 cm³/mol. The highest BCUT2D eigenvalue weighted by atomic mass is 16.1. The number of hydrogen-bond acceptors (Lipinski definition) is 3. The molecular weight excluding hydrogens is 226 g/mol. The zero-order valence-corrected chi connectivity index (χ0v) is 12.6. The summed E-state index contributed by atoms with van der Waals surface area (Å²) in [7, 11) is 4.04. The summed E-state index contributed by atoms with van der Waals surface area (Å²) in [6.45, 7) is 10.3. The monoisotopic (exact) mass is 255 g/mol. The lowest BCUT2D eigenvalue weighted by atomic mass is 9.93. The van der Waals surface area contributed by atoms with Crippen molar-refractivity contribution >= 4 is 5.91 Å². The molecule has 1 rings (SSSR count). The number of rotatable bonds is 4. The van der Waals surface area contributed by atoms with Crippen molar-refractivity contribution in [3.63, 3.8) is 0 Å². The maximum Gasteiger partial charge on any atom is 0.224 e. The Bertz CT molecular complexity index is 271. The van der Waals surface area contributed by atoms with Crippen molar-refractivity contribution in [3.8, 4) is 0 Å².